The Hall–Kier alpha value is -0.570. The van der Waals surface area contributed by atoms with Gasteiger partial charge < -0.3 is 10.6 Å². The van der Waals surface area contributed by atoms with Crippen LogP contribution in [-0.2, 0) is 4.79 Å². The van der Waals surface area contributed by atoms with Crippen LogP contribution in [0.3, 0.4) is 0 Å². The van der Waals surface area contributed by atoms with E-state index in [1.54, 1.807) is 0 Å². The third-order valence-electron chi connectivity index (χ3n) is 1.72. The Bertz CT molecular complexity index is 132. The molecule has 0 atom stereocenters. The van der Waals surface area contributed by atoms with Gasteiger partial charge in [0.15, 0.2) is 0 Å². The van der Waals surface area contributed by atoms with E-state index >= 15 is 0 Å². The van der Waals surface area contributed by atoms with Crippen LogP contribution in [0.25, 0.3) is 0 Å². The zero-order valence-electron chi connectivity index (χ0n) is 7.02. The van der Waals surface area contributed by atoms with Crippen molar-refractivity contribution in [2.24, 2.45) is 0 Å². The zero-order chi connectivity index (χ0) is 8.10. The van der Waals surface area contributed by atoms with Gasteiger partial charge in [-0.1, -0.05) is 6.92 Å². The standard InChI is InChI=1S/C8H16N2O/c1-2-9-6-5-8(11)10-7-3-4-7/h7,9H,2-6H2,1H3,(H,10,11). The quantitative estimate of drug-likeness (QED) is 0.561. The fraction of sp³-hybridized carbons (Fsp3) is 0.875. The first-order valence-corrected chi connectivity index (χ1v) is 4.33. The first-order valence-electron chi connectivity index (χ1n) is 4.33. The topological polar surface area (TPSA) is 41.1 Å². The van der Waals surface area contributed by atoms with Crippen LogP contribution in [0.2, 0.25) is 0 Å². The molecule has 0 radical (unpaired) electrons. The minimum atomic E-state index is 0.188. The molecule has 1 fully saturated rings. The van der Waals surface area contributed by atoms with Gasteiger partial charge in [0.05, 0.1) is 0 Å². The molecule has 1 saturated carbocycles. The number of amides is 1. The van der Waals surface area contributed by atoms with Gasteiger partial charge in [0.25, 0.3) is 0 Å². The summed E-state index contributed by atoms with van der Waals surface area (Å²) in [6.45, 7) is 3.78. The molecule has 0 aliphatic heterocycles. The van der Waals surface area contributed by atoms with Gasteiger partial charge in [0.2, 0.25) is 5.91 Å². The van der Waals surface area contributed by atoms with E-state index in [0.29, 0.717) is 12.5 Å². The summed E-state index contributed by atoms with van der Waals surface area (Å²) in [6.07, 6.45) is 2.96. The highest BCUT2D eigenvalue weighted by molar-refractivity contribution is 5.76. The molecule has 1 amide bonds. The maximum atomic E-state index is 11.0. The molecule has 3 heteroatoms. The summed E-state index contributed by atoms with van der Waals surface area (Å²) in [5.74, 6) is 0.188. The molecule has 0 unspecified atom stereocenters. The highest BCUT2D eigenvalue weighted by Gasteiger charge is 2.22. The van der Waals surface area contributed by atoms with Crippen molar-refractivity contribution in [1.82, 2.24) is 10.6 Å². The summed E-state index contributed by atoms with van der Waals surface area (Å²) in [6, 6.07) is 0.504. The Morgan fingerprint density at radius 3 is 2.82 bits per heavy atom. The van der Waals surface area contributed by atoms with Crippen LogP contribution in [0.4, 0.5) is 0 Å². The van der Waals surface area contributed by atoms with Crippen molar-refractivity contribution in [3.63, 3.8) is 0 Å². The van der Waals surface area contributed by atoms with Crippen molar-refractivity contribution in [1.29, 1.82) is 0 Å². The number of rotatable bonds is 5. The van der Waals surface area contributed by atoms with E-state index in [1.165, 1.54) is 12.8 Å². The highest BCUT2D eigenvalue weighted by Crippen LogP contribution is 2.18. The van der Waals surface area contributed by atoms with Gasteiger partial charge in [0, 0.05) is 19.0 Å². The second-order valence-electron chi connectivity index (χ2n) is 2.95. The largest absolute Gasteiger partial charge is 0.353 e. The fourth-order valence-electron chi connectivity index (χ4n) is 0.906. The van der Waals surface area contributed by atoms with Gasteiger partial charge in [-0.05, 0) is 19.4 Å². The molecular formula is C8H16N2O. The molecule has 1 aliphatic carbocycles. The van der Waals surface area contributed by atoms with E-state index in [9.17, 15) is 4.79 Å². The lowest BCUT2D eigenvalue weighted by atomic mass is 10.4. The monoisotopic (exact) mass is 156 g/mol. The van der Waals surface area contributed by atoms with E-state index in [2.05, 4.69) is 10.6 Å². The van der Waals surface area contributed by atoms with Crippen LogP contribution in [0.15, 0.2) is 0 Å². The summed E-state index contributed by atoms with van der Waals surface area (Å²) in [4.78, 5) is 11.0. The average molecular weight is 156 g/mol. The maximum Gasteiger partial charge on any atom is 0.221 e. The fourth-order valence-corrected chi connectivity index (χ4v) is 0.906. The molecule has 1 rings (SSSR count). The van der Waals surface area contributed by atoms with Crippen LogP contribution in [0.5, 0.6) is 0 Å². The van der Waals surface area contributed by atoms with Crippen LogP contribution >= 0.6 is 0 Å². The first-order chi connectivity index (χ1) is 5.33. The lowest BCUT2D eigenvalue weighted by molar-refractivity contribution is -0.121. The Balaban J connectivity index is 1.92. The van der Waals surface area contributed by atoms with Gasteiger partial charge in [-0.15, -0.1) is 0 Å². The van der Waals surface area contributed by atoms with Crippen molar-refractivity contribution >= 4 is 5.91 Å². The molecule has 0 aromatic carbocycles. The lowest BCUT2D eigenvalue weighted by Crippen LogP contribution is -2.28. The highest BCUT2D eigenvalue weighted by atomic mass is 16.1. The molecule has 0 heterocycles. The first kappa shape index (κ1) is 8.53. The molecule has 2 N–H and O–H groups in total. The molecule has 0 bridgehead atoms. The van der Waals surface area contributed by atoms with E-state index in [1.807, 2.05) is 6.92 Å². The Kier molecular flexibility index (Phi) is 3.36. The molecule has 0 aromatic rings. The van der Waals surface area contributed by atoms with Gasteiger partial charge in [-0.3, -0.25) is 4.79 Å². The Morgan fingerprint density at radius 2 is 2.27 bits per heavy atom. The molecule has 0 aromatic heterocycles. The zero-order valence-corrected chi connectivity index (χ0v) is 7.02. The second kappa shape index (κ2) is 4.34. The van der Waals surface area contributed by atoms with Crippen LogP contribution < -0.4 is 10.6 Å². The lowest BCUT2D eigenvalue weighted by Gasteiger charge is -2.02. The van der Waals surface area contributed by atoms with Crippen molar-refractivity contribution in [3.8, 4) is 0 Å². The minimum Gasteiger partial charge on any atom is -0.353 e. The van der Waals surface area contributed by atoms with Crippen molar-refractivity contribution in [2.45, 2.75) is 32.2 Å². The maximum absolute atomic E-state index is 11.0. The summed E-state index contributed by atoms with van der Waals surface area (Å²) in [7, 11) is 0. The summed E-state index contributed by atoms with van der Waals surface area (Å²) in [5.41, 5.74) is 0. The molecule has 0 saturated heterocycles. The molecule has 3 nitrogen and oxygen atoms in total. The van der Waals surface area contributed by atoms with Gasteiger partial charge in [0.1, 0.15) is 0 Å². The van der Waals surface area contributed by atoms with Crippen molar-refractivity contribution < 1.29 is 4.79 Å². The third-order valence-corrected chi connectivity index (χ3v) is 1.72. The van der Waals surface area contributed by atoms with E-state index in [0.717, 1.165) is 13.1 Å². The molecule has 11 heavy (non-hydrogen) atoms. The van der Waals surface area contributed by atoms with Crippen molar-refractivity contribution in [3.05, 3.63) is 0 Å². The molecule has 0 spiro atoms. The van der Waals surface area contributed by atoms with E-state index < -0.39 is 0 Å². The number of carbonyl (C=O) groups is 1. The van der Waals surface area contributed by atoms with Crippen LogP contribution in [-0.4, -0.2) is 25.0 Å². The summed E-state index contributed by atoms with van der Waals surface area (Å²) in [5, 5.41) is 6.05. The van der Waals surface area contributed by atoms with E-state index in [-0.39, 0.29) is 5.91 Å². The molecule has 64 valence electrons. The van der Waals surface area contributed by atoms with Gasteiger partial charge >= 0.3 is 0 Å². The number of carbonyl (C=O) groups excluding carboxylic acids is 1. The van der Waals surface area contributed by atoms with Crippen LogP contribution in [0, 0.1) is 0 Å². The number of hydrogen-bond donors (Lipinski definition) is 2. The number of hydrogen-bond acceptors (Lipinski definition) is 2. The number of nitrogens with one attached hydrogen (secondary N) is 2. The smallest absolute Gasteiger partial charge is 0.221 e. The molecule has 1 aliphatic rings. The van der Waals surface area contributed by atoms with Crippen LogP contribution in [0.1, 0.15) is 26.2 Å². The third kappa shape index (κ3) is 3.98. The Morgan fingerprint density at radius 1 is 1.55 bits per heavy atom. The normalized spacial score (nSPS) is 16.5. The molecular weight excluding hydrogens is 140 g/mol. The van der Waals surface area contributed by atoms with Crippen molar-refractivity contribution in [2.75, 3.05) is 13.1 Å². The predicted molar refractivity (Wildman–Crippen MR) is 44.3 cm³/mol. The minimum absolute atomic E-state index is 0.188. The van der Waals surface area contributed by atoms with Gasteiger partial charge in [-0.2, -0.15) is 0 Å². The predicted octanol–water partition coefficient (Wildman–Crippen LogP) is 0.265. The Labute approximate surface area is 67.5 Å². The second-order valence-corrected chi connectivity index (χ2v) is 2.95. The SMILES string of the molecule is CCNCCC(=O)NC1CC1. The summed E-state index contributed by atoms with van der Waals surface area (Å²) >= 11 is 0. The van der Waals surface area contributed by atoms with Gasteiger partial charge in [-0.25, -0.2) is 0 Å². The van der Waals surface area contributed by atoms with E-state index in [4.69, 9.17) is 0 Å². The average Bonchev–Trinajstić information content (AvgIpc) is 2.72. The summed E-state index contributed by atoms with van der Waals surface area (Å²) < 4.78 is 0.